The van der Waals surface area contributed by atoms with Crippen molar-refractivity contribution in [2.45, 2.75) is 33.3 Å². The first-order valence-corrected chi connectivity index (χ1v) is 7.22. The number of benzene rings is 2. The van der Waals surface area contributed by atoms with Crippen molar-refractivity contribution < 1.29 is 14.3 Å². The lowest BCUT2D eigenvalue weighted by atomic mass is 9.97. The lowest BCUT2D eigenvalue weighted by Gasteiger charge is -2.20. The number of carbonyl (C=O) groups is 2. The van der Waals surface area contributed by atoms with Gasteiger partial charge in [0.05, 0.1) is 5.56 Å². The number of hydrogen-bond donors (Lipinski definition) is 0. The molecule has 114 valence electrons. The number of aryl methyl sites for hydroxylation is 1. The molecule has 0 bridgehead atoms. The second-order valence-electron chi connectivity index (χ2n) is 6.25. The third-order valence-corrected chi connectivity index (χ3v) is 3.07. The van der Waals surface area contributed by atoms with E-state index in [0.29, 0.717) is 16.7 Å². The molecule has 0 heterocycles. The summed E-state index contributed by atoms with van der Waals surface area (Å²) >= 11 is 0. The van der Waals surface area contributed by atoms with Gasteiger partial charge >= 0.3 is 5.97 Å². The van der Waals surface area contributed by atoms with Gasteiger partial charge < -0.3 is 4.74 Å². The average Bonchev–Trinajstić information content (AvgIpc) is 2.44. The van der Waals surface area contributed by atoms with Gasteiger partial charge in [0.1, 0.15) is 5.60 Å². The predicted molar refractivity (Wildman–Crippen MR) is 86.2 cm³/mol. The molecule has 0 spiro atoms. The standard InChI is InChI=1S/C19H20O3/c1-13-8-7-9-14(12-13)17(20)15-10-5-6-11-16(15)18(21)22-19(2,3)4/h5-12H,1-4H3. The summed E-state index contributed by atoms with van der Waals surface area (Å²) in [6.45, 7) is 7.33. The topological polar surface area (TPSA) is 43.4 Å². The Hall–Kier alpha value is -2.42. The zero-order valence-corrected chi connectivity index (χ0v) is 13.3. The first-order valence-electron chi connectivity index (χ1n) is 7.22. The molecule has 0 amide bonds. The van der Waals surface area contributed by atoms with Gasteiger partial charge in [0.25, 0.3) is 0 Å². The Morgan fingerprint density at radius 1 is 0.909 bits per heavy atom. The van der Waals surface area contributed by atoms with Crippen molar-refractivity contribution in [2.24, 2.45) is 0 Å². The fourth-order valence-corrected chi connectivity index (χ4v) is 2.13. The van der Waals surface area contributed by atoms with Crippen LogP contribution in [0.2, 0.25) is 0 Å². The molecule has 2 aromatic carbocycles. The van der Waals surface area contributed by atoms with E-state index in [9.17, 15) is 9.59 Å². The highest BCUT2D eigenvalue weighted by Gasteiger charge is 2.23. The van der Waals surface area contributed by atoms with Gasteiger partial charge in [-0.15, -0.1) is 0 Å². The molecule has 0 radical (unpaired) electrons. The Labute approximate surface area is 130 Å². The maximum atomic E-state index is 12.7. The van der Waals surface area contributed by atoms with Crippen LogP contribution in [-0.4, -0.2) is 17.4 Å². The average molecular weight is 296 g/mol. The molecule has 0 unspecified atom stereocenters. The molecule has 3 heteroatoms. The fourth-order valence-electron chi connectivity index (χ4n) is 2.13. The summed E-state index contributed by atoms with van der Waals surface area (Å²) in [4.78, 5) is 25.0. The summed E-state index contributed by atoms with van der Waals surface area (Å²) in [7, 11) is 0. The molecular weight excluding hydrogens is 276 g/mol. The van der Waals surface area contributed by atoms with Crippen molar-refractivity contribution in [3.8, 4) is 0 Å². The van der Waals surface area contributed by atoms with E-state index in [0.717, 1.165) is 5.56 Å². The van der Waals surface area contributed by atoms with E-state index in [1.165, 1.54) is 0 Å². The van der Waals surface area contributed by atoms with E-state index in [2.05, 4.69) is 0 Å². The summed E-state index contributed by atoms with van der Waals surface area (Å²) in [6, 6.07) is 14.1. The number of rotatable bonds is 3. The quantitative estimate of drug-likeness (QED) is 0.630. The second-order valence-corrected chi connectivity index (χ2v) is 6.25. The monoisotopic (exact) mass is 296 g/mol. The van der Waals surface area contributed by atoms with Gasteiger partial charge in [-0.25, -0.2) is 4.79 Å². The molecule has 0 aliphatic heterocycles. The molecule has 0 saturated carbocycles. The van der Waals surface area contributed by atoms with Gasteiger partial charge in [-0.1, -0.05) is 42.0 Å². The van der Waals surface area contributed by atoms with Gasteiger partial charge in [-0.3, -0.25) is 4.79 Å². The van der Waals surface area contributed by atoms with Crippen molar-refractivity contribution in [1.82, 2.24) is 0 Å². The van der Waals surface area contributed by atoms with Crippen LogP contribution in [0.3, 0.4) is 0 Å². The SMILES string of the molecule is Cc1cccc(C(=O)c2ccccc2C(=O)OC(C)(C)C)c1. The molecule has 2 rings (SSSR count). The Balaban J connectivity index is 2.40. The van der Waals surface area contributed by atoms with Crippen LogP contribution in [0.5, 0.6) is 0 Å². The van der Waals surface area contributed by atoms with Gasteiger partial charge in [-0.2, -0.15) is 0 Å². The van der Waals surface area contributed by atoms with Gasteiger partial charge in [0.15, 0.2) is 5.78 Å². The molecule has 2 aromatic rings. The van der Waals surface area contributed by atoms with Crippen LogP contribution in [0.1, 0.15) is 52.6 Å². The molecule has 0 atom stereocenters. The van der Waals surface area contributed by atoms with Crippen molar-refractivity contribution in [2.75, 3.05) is 0 Å². The molecule has 0 aliphatic rings. The highest BCUT2D eigenvalue weighted by molar-refractivity contribution is 6.14. The van der Waals surface area contributed by atoms with Gasteiger partial charge in [0, 0.05) is 11.1 Å². The largest absolute Gasteiger partial charge is 0.456 e. The molecule has 0 aliphatic carbocycles. The number of ketones is 1. The van der Waals surface area contributed by atoms with Crippen LogP contribution in [0.4, 0.5) is 0 Å². The van der Waals surface area contributed by atoms with Crippen LogP contribution >= 0.6 is 0 Å². The highest BCUT2D eigenvalue weighted by Crippen LogP contribution is 2.19. The maximum Gasteiger partial charge on any atom is 0.339 e. The molecule has 22 heavy (non-hydrogen) atoms. The summed E-state index contributed by atoms with van der Waals surface area (Å²) in [5, 5.41) is 0. The molecule has 0 aromatic heterocycles. The maximum absolute atomic E-state index is 12.7. The van der Waals surface area contributed by atoms with Gasteiger partial charge in [0.2, 0.25) is 0 Å². The third-order valence-electron chi connectivity index (χ3n) is 3.07. The smallest absolute Gasteiger partial charge is 0.339 e. The van der Waals surface area contributed by atoms with Crippen molar-refractivity contribution >= 4 is 11.8 Å². The van der Waals surface area contributed by atoms with Crippen molar-refractivity contribution in [1.29, 1.82) is 0 Å². The minimum Gasteiger partial charge on any atom is -0.456 e. The first kappa shape index (κ1) is 16.0. The lowest BCUT2D eigenvalue weighted by Crippen LogP contribution is -2.25. The van der Waals surface area contributed by atoms with E-state index < -0.39 is 11.6 Å². The van der Waals surface area contributed by atoms with Crippen molar-refractivity contribution in [3.05, 3.63) is 70.8 Å². The lowest BCUT2D eigenvalue weighted by molar-refractivity contribution is 0.00679. The highest BCUT2D eigenvalue weighted by atomic mass is 16.6. The molecule has 0 fully saturated rings. The first-order chi connectivity index (χ1) is 10.3. The van der Waals surface area contributed by atoms with Crippen LogP contribution in [-0.2, 0) is 4.74 Å². The molecule has 3 nitrogen and oxygen atoms in total. The van der Waals surface area contributed by atoms with Crippen LogP contribution in [0.25, 0.3) is 0 Å². The van der Waals surface area contributed by atoms with Crippen LogP contribution in [0, 0.1) is 6.92 Å². The minimum atomic E-state index is -0.601. The molecular formula is C19H20O3. The Morgan fingerprint density at radius 3 is 2.14 bits per heavy atom. The van der Waals surface area contributed by atoms with E-state index in [4.69, 9.17) is 4.74 Å². The van der Waals surface area contributed by atoms with Crippen LogP contribution in [0.15, 0.2) is 48.5 Å². The van der Waals surface area contributed by atoms with E-state index >= 15 is 0 Å². The summed E-state index contributed by atoms with van der Waals surface area (Å²) in [6.07, 6.45) is 0. The zero-order chi connectivity index (χ0) is 16.3. The Kier molecular flexibility index (Phi) is 4.45. The number of hydrogen-bond acceptors (Lipinski definition) is 3. The number of ether oxygens (including phenoxy) is 1. The van der Waals surface area contributed by atoms with E-state index in [1.54, 1.807) is 51.1 Å². The molecule has 0 N–H and O–H groups in total. The fraction of sp³-hybridized carbons (Fsp3) is 0.263. The summed E-state index contributed by atoms with van der Waals surface area (Å²) < 4.78 is 5.38. The van der Waals surface area contributed by atoms with Crippen molar-refractivity contribution in [3.63, 3.8) is 0 Å². The second kappa shape index (κ2) is 6.14. The van der Waals surface area contributed by atoms with Crippen LogP contribution < -0.4 is 0 Å². The number of carbonyl (C=O) groups excluding carboxylic acids is 2. The Bertz CT molecular complexity index is 709. The third kappa shape index (κ3) is 3.82. The van der Waals surface area contributed by atoms with E-state index in [1.807, 2.05) is 25.1 Å². The predicted octanol–water partition coefficient (Wildman–Crippen LogP) is 4.18. The number of esters is 1. The van der Waals surface area contributed by atoms with Gasteiger partial charge in [-0.05, 0) is 39.8 Å². The molecule has 0 saturated heterocycles. The zero-order valence-electron chi connectivity index (χ0n) is 13.3. The minimum absolute atomic E-state index is 0.176. The van der Waals surface area contributed by atoms with E-state index in [-0.39, 0.29) is 5.78 Å². The normalized spacial score (nSPS) is 11.1. The Morgan fingerprint density at radius 2 is 1.55 bits per heavy atom. The summed E-state index contributed by atoms with van der Waals surface area (Å²) in [5.41, 5.74) is 1.62. The summed E-state index contributed by atoms with van der Waals surface area (Å²) in [5.74, 6) is -0.658.